The molecule has 1 aromatic heterocycles. The number of carbonyl (C=O) groups is 1. The molecule has 1 aliphatic heterocycles. The molecule has 1 fully saturated rings. The first-order chi connectivity index (χ1) is 14.7. The van der Waals surface area contributed by atoms with Crippen LogP contribution in [0.25, 0.3) is 0 Å². The molecule has 1 aliphatic rings. The van der Waals surface area contributed by atoms with Gasteiger partial charge in [-0.25, -0.2) is 8.93 Å². The summed E-state index contributed by atoms with van der Waals surface area (Å²) in [5.41, 5.74) is 0. The monoisotopic (exact) mass is 451 g/mol. The lowest BCUT2D eigenvalue weighted by atomic mass is 10.2. The summed E-state index contributed by atoms with van der Waals surface area (Å²) in [7, 11) is -1.36. The second kappa shape index (κ2) is 12.2. The van der Waals surface area contributed by atoms with Gasteiger partial charge in [0.25, 0.3) is 0 Å². The highest BCUT2D eigenvalue weighted by molar-refractivity contribution is 7.83. The molecule has 164 valence electrons. The summed E-state index contributed by atoms with van der Waals surface area (Å²) in [6, 6.07) is 11.4. The van der Waals surface area contributed by atoms with E-state index in [4.69, 9.17) is 9.47 Å². The fourth-order valence-corrected chi connectivity index (χ4v) is 4.94. The lowest BCUT2D eigenvalue weighted by Crippen LogP contribution is -2.43. The zero-order chi connectivity index (χ0) is 21.2. The number of thiophene rings is 1. The smallest absolute Gasteiger partial charge is 0.221 e. The first-order valence-corrected chi connectivity index (χ1v) is 12.2. The number of hydrogen-bond acceptors (Lipinski definition) is 6. The highest BCUT2D eigenvalue weighted by Gasteiger charge is 2.23. The fraction of sp³-hybridized carbons (Fsp3) is 0.476. The lowest BCUT2D eigenvalue weighted by molar-refractivity contribution is -0.121. The Morgan fingerprint density at radius 1 is 1.27 bits per heavy atom. The van der Waals surface area contributed by atoms with E-state index in [1.165, 1.54) is 4.88 Å². The van der Waals surface area contributed by atoms with Gasteiger partial charge < -0.3 is 14.8 Å². The summed E-state index contributed by atoms with van der Waals surface area (Å²) in [6.45, 7) is 6.57. The van der Waals surface area contributed by atoms with Crippen LogP contribution in [0.2, 0.25) is 0 Å². The normalized spacial score (nSPS) is 16.7. The second-order valence-corrected chi connectivity index (χ2v) is 9.08. The zero-order valence-corrected chi connectivity index (χ0v) is 18.8. The van der Waals surface area contributed by atoms with Crippen LogP contribution in [0, 0.1) is 0 Å². The number of nitrogens with zero attached hydrogens (tertiary/aromatic N) is 1. The summed E-state index contributed by atoms with van der Waals surface area (Å²) in [5, 5.41) is 5.09. The van der Waals surface area contributed by atoms with Crippen molar-refractivity contribution in [3.05, 3.63) is 46.7 Å². The highest BCUT2D eigenvalue weighted by Crippen LogP contribution is 2.25. The molecule has 2 atom stereocenters. The molecule has 1 aromatic carbocycles. The van der Waals surface area contributed by atoms with Crippen molar-refractivity contribution < 1.29 is 18.5 Å². The summed E-state index contributed by atoms with van der Waals surface area (Å²) in [4.78, 5) is 16.6. The predicted molar refractivity (Wildman–Crippen MR) is 119 cm³/mol. The maximum atomic E-state index is 12.3. The van der Waals surface area contributed by atoms with E-state index in [0.29, 0.717) is 24.6 Å². The Morgan fingerprint density at radius 2 is 2.03 bits per heavy atom. The number of carbonyl (C=O) groups excluding carboxylic acids is 1. The van der Waals surface area contributed by atoms with Gasteiger partial charge in [-0.05, 0) is 42.6 Å². The molecule has 0 saturated carbocycles. The molecule has 1 saturated heterocycles. The van der Waals surface area contributed by atoms with E-state index in [0.717, 1.165) is 32.1 Å². The molecule has 9 heteroatoms. The van der Waals surface area contributed by atoms with Crippen molar-refractivity contribution in [1.82, 2.24) is 14.9 Å². The zero-order valence-electron chi connectivity index (χ0n) is 17.2. The van der Waals surface area contributed by atoms with Gasteiger partial charge >= 0.3 is 0 Å². The number of nitrogens with one attached hydrogen (secondary N) is 2. The molecule has 2 unspecified atom stereocenters. The van der Waals surface area contributed by atoms with Crippen LogP contribution < -0.4 is 14.8 Å². The van der Waals surface area contributed by atoms with E-state index in [9.17, 15) is 9.00 Å². The molecule has 0 bridgehead atoms. The second-order valence-electron chi connectivity index (χ2n) is 6.80. The molecule has 1 amide bonds. The Balaban J connectivity index is 1.42. The van der Waals surface area contributed by atoms with Gasteiger partial charge in [0.15, 0.2) is 0 Å². The Hall–Kier alpha value is -1.78. The van der Waals surface area contributed by atoms with Gasteiger partial charge in [-0.1, -0.05) is 6.07 Å². The Bertz CT molecular complexity index is 793. The largest absolute Gasteiger partial charge is 0.494 e. The van der Waals surface area contributed by atoms with Gasteiger partial charge in [0.05, 0.1) is 30.8 Å². The minimum atomic E-state index is -1.36. The van der Waals surface area contributed by atoms with Crippen molar-refractivity contribution >= 4 is 28.2 Å². The minimum Gasteiger partial charge on any atom is -0.494 e. The van der Waals surface area contributed by atoms with E-state index in [2.05, 4.69) is 26.4 Å². The van der Waals surface area contributed by atoms with Crippen LogP contribution in [0.4, 0.5) is 0 Å². The third-order valence-electron chi connectivity index (χ3n) is 4.78. The van der Waals surface area contributed by atoms with E-state index in [1.54, 1.807) is 35.6 Å². The average molecular weight is 452 g/mol. The highest BCUT2D eigenvalue weighted by atomic mass is 32.2. The molecule has 30 heavy (non-hydrogen) atoms. The van der Waals surface area contributed by atoms with E-state index in [1.807, 2.05) is 13.0 Å². The van der Waals surface area contributed by atoms with Gasteiger partial charge in [0.1, 0.15) is 16.7 Å². The number of amides is 1. The number of ether oxygens (including phenoxy) is 2. The van der Waals surface area contributed by atoms with Crippen molar-refractivity contribution in [3.63, 3.8) is 0 Å². The van der Waals surface area contributed by atoms with E-state index < -0.39 is 11.0 Å². The molecule has 2 aromatic rings. The van der Waals surface area contributed by atoms with Crippen LogP contribution in [-0.4, -0.2) is 61.0 Å². The molecule has 0 aliphatic carbocycles. The maximum Gasteiger partial charge on any atom is 0.221 e. The van der Waals surface area contributed by atoms with Crippen LogP contribution >= 0.6 is 11.3 Å². The van der Waals surface area contributed by atoms with Crippen LogP contribution in [0.1, 0.15) is 24.3 Å². The molecule has 3 rings (SSSR count). The van der Waals surface area contributed by atoms with Crippen LogP contribution in [-0.2, 0) is 20.5 Å². The third-order valence-corrected chi connectivity index (χ3v) is 6.92. The number of hydrogen-bond donors (Lipinski definition) is 2. The Morgan fingerprint density at radius 3 is 2.70 bits per heavy atom. The topological polar surface area (TPSA) is 79.9 Å². The minimum absolute atomic E-state index is 0.0546. The SMILES string of the molecule is CCOc1ccc(S(=O)NCCC(=O)NCC(c2cccs2)N2CCOCC2)cc1. The Kier molecular flexibility index (Phi) is 9.28. The maximum absolute atomic E-state index is 12.3. The molecular formula is C21H29N3O4S2. The van der Waals surface area contributed by atoms with Crippen molar-refractivity contribution in [2.75, 3.05) is 46.0 Å². The molecule has 0 spiro atoms. The average Bonchev–Trinajstić information content (AvgIpc) is 3.30. The third kappa shape index (κ3) is 6.88. The summed E-state index contributed by atoms with van der Waals surface area (Å²) in [6.07, 6.45) is 0.267. The van der Waals surface area contributed by atoms with Crippen molar-refractivity contribution in [3.8, 4) is 5.75 Å². The molecule has 2 heterocycles. The lowest BCUT2D eigenvalue weighted by Gasteiger charge is -2.34. The van der Waals surface area contributed by atoms with Crippen LogP contribution in [0.3, 0.4) is 0 Å². The van der Waals surface area contributed by atoms with Gasteiger partial charge in [-0.2, -0.15) is 0 Å². The van der Waals surface area contributed by atoms with Crippen LogP contribution in [0.15, 0.2) is 46.7 Å². The molecule has 2 N–H and O–H groups in total. The number of rotatable bonds is 11. The van der Waals surface area contributed by atoms with Gasteiger partial charge in [0.2, 0.25) is 5.91 Å². The van der Waals surface area contributed by atoms with Gasteiger partial charge in [-0.3, -0.25) is 9.69 Å². The molecule has 0 radical (unpaired) electrons. The molecular weight excluding hydrogens is 422 g/mol. The number of benzene rings is 1. The summed E-state index contributed by atoms with van der Waals surface area (Å²) in [5.74, 6) is 0.694. The summed E-state index contributed by atoms with van der Waals surface area (Å²) < 4.78 is 26.1. The van der Waals surface area contributed by atoms with Crippen molar-refractivity contribution in [2.24, 2.45) is 0 Å². The summed E-state index contributed by atoms with van der Waals surface area (Å²) >= 11 is 1.70. The predicted octanol–water partition coefficient (Wildman–Crippen LogP) is 2.34. The Labute approximate surface area is 184 Å². The first kappa shape index (κ1) is 22.9. The quantitative estimate of drug-likeness (QED) is 0.548. The van der Waals surface area contributed by atoms with Crippen LogP contribution in [0.5, 0.6) is 5.75 Å². The van der Waals surface area contributed by atoms with Crippen molar-refractivity contribution in [1.29, 1.82) is 0 Å². The van der Waals surface area contributed by atoms with E-state index in [-0.39, 0.29) is 18.4 Å². The fourth-order valence-electron chi connectivity index (χ4n) is 3.25. The molecule has 7 nitrogen and oxygen atoms in total. The number of morpholine rings is 1. The van der Waals surface area contributed by atoms with E-state index >= 15 is 0 Å². The first-order valence-electron chi connectivity index (χ1n) is 10.2. The van der Waals surface area contributed by atoms with Gasteiger partial charge in [-0.15, -0.1) is 11.3 Å². The standard InChI is InChI=1S/C21H29N3O4S2/c1-2-28-17-5-7-18(8-6-17)30(26)23-10-9-21(25)22-16-19(20-4-3-15-29-20)24-11-13-27-14-12-24/h3-8,15,19,23H,2,9-14,16H2,1H3,(H,22,25). The van der Waals surface area contributed by atoms with Crippen molar-refractivity contribution in [2.45, 2.75) is 24.3 Å². The van der Waals surface area contributed by atoms with Gasteiger partial charge in [0, 0.05) is 37.5 Å².